The molecule has 1 aliphatic rings. The van der Waals surface area contributed by atoms with Crippen LogP contribution in [-0.4, -0.2) is 40.0 Å². The van der Waals surface area contributed by atoms with E-state index in [-0.39, 0.29) is 18.4 Å². The molecule has 1 amide bonds. The van der Waals surface area contributed by atoms with Gasteiger partial charge in [-0.3, -0.25) is 9.59 Å². The normalized spacial score (nSPS) is 22.5. The van der Waals surface area contributed by atoms with Crippen molar-refractivity contribution in [2.24, 2.45) is 5.92 Å². The Kier molecular flexibility index (Phi) is 4.45. The van der Waals surface area contributed by atoms with Crippen LogP contribution in [-0.2, 0) is 9.59 Å². The maximum atomic E-state index is 12.2. The van der Waals surface area contributed by atoms with Crippen LogP contribution in [0.3, 0.4) is 0 Å². The van der Waals surface area contributed by atoms with E-state index in [0.717, 1.165) is 5.56 Å². The number of ether oxygens (including phenoxy) is 1. The second kappa shape index (κ2) is 6.11. The van der Waals surface area contributed by atoms with E-state index in [1.165, 1.54) is 7.11 Å². The highest BCUT2D eigenvalue weighted by molar-refractivity contribution is 5.82. The van der Waals surface area contributed by atoms with E-state index >= 15 is 0 Å². The SMILES string of the molecule is COc1ccc(C2C(C(=O)O)CCC(=O)N2C(C)C)cn1. The van der Waals surface area contributed by atoms with Gasteiger partial charge >= 0.3 is 5.97 Å². The number of piperidine rings is 1. The molecule has 0 radical (unpaired) electrons. The van der Waals surface area contributed by atoms with Crippen molar-refractivity contribution in [1.29, 1.82) is 0 Å². The number of carbonyl (C=O) groups is 2. The Morgan fingerprint density at radius 3 is 2.67 bits per heavy atom. The lowest BCUT2D eigenvalue weighted by Gasteiger charge is -2.42. The zero-order valence-corrected chi connectivity index (χ0v) is 12.4. The molecule has 0 aromatic carbocycles. The summed E-state index contributed by atoms with van der Waals surface area (Å²) in [5.74, 6) is -1.04. The lowest BCUT2D eigenvalue weighted by Crippen LogP contribution is -2.48. The van der Waals surface area contributed by atoms with E-state index < -0.39 is 17.9 Å². The number of hydrogen-bond donors (Lipinski definition) is 1. The van der Waals surface area contributed by atoms with Gasteiger partial charge in [-0.15, -0.1) is 0 Å². The molecule has 1 saturated heterocycles. The van der Waals surface area contributed by atoms with E-state index in [0.29, 0.717) is 12.3 Å². The van der Waals surface area contributed by atoms with Gasteiger partial charge < -0.3 is 14.7 Å². The molecular formula is C15H20N2O4. The molecule has 0 saturated carbocycles. The van der Waals surface area contributed by atoms with Gasteiger partial charge in [-0.05, 0) is 25.8 Å². The molecule has 2 heterocycles. The zero-order valence-electron chi connectivity index (χ0n) is 12.4. The lowest BCUT2D eigenvalue weighted by molar-refractivity contribution is -0.153. The molecule has 0 aliphatic carbocycles. The number of nitrogens with zero attached hydrogens (tertiary/aromatic N) is 2. The number of carbonyl (C=O) groups excluding carboxylic acids is 1. The van der Waals surface area contributed by atoms with Crippen molar-refractivity contribution in [3.63, 3.8) is 0 Å². The second-order valence-corrected chi connectivity index (χ2v) is 5.46. The minimum atomic E-state index is -0.881. The van der Waals surface area contributed by atoms with E-state index in [1.807, 2.05) is 13.8 Å². The van der Waals surface area contributed by atoms with Crippen molar-refractivity contribution in [2.45, 2.75) is 38.8 Å². The van der Waals surface area contributed by atoms with Gasteiger partial charge in [0, 0.05) is 24.7 Å². The Bertz CT molecular complexity index is 527. The molecular weight excluding hydrogens is 272 g/mol. The summed E-state index contributed by atoms with van der Waals surface area (Å²) in [4.78, 5) is 29.5. The molecule has 2 rings (SSSR count). The first-order chi connectivity index (χ1) is 9.95. The zero-order chi connectivity index (χ0) is 15.6. The van der Waals surface area contributed by atoms with Crippen LogP contribution >= 0.6 is 0 Å². The number of rotatable bonds is 4. The molecule has 6 nitrogen and oxygen atoms in total. The largest absolute Gasteiger partial charge is 0.481 e. The Morgan fingerprint density at radius 2 is 2.19 bits per heavy atom. The fourth-order valence-electron chi connectivity index (χ4n) is 2.86. The van der Waals surface area contributed by atoms with Gasteiger partial charge in [-0.2, -0.15) is 0 Å². The predicted molar refractivity (Wildman–Crippen MR) is 75.9 cm³/mol. The average Bonchev–Trinajstić information content (AvgIpc) is 2.46. The summed E-state index contributed by atoms with van der Waals surface area (Å²) in [6.45, 7) is 3.79. The van der Waals surface area contributed by atoms with Gasteiger partial charge in [0.15, 0.2) is 0 Å². The fourth-order valence-corrected chi connectivity index (χ4v) is 2.86. The third-order valence-corrected chi connectivity index (χ3v) is 3.82. The van der Waals surface area contributed by atoms with Crippen LogP contribution in [0.1, 0.15) is 38.3 Å². The highest BCUT2D eigenvalue weighted by Gasteiger charge is 2.41. The van der Waals surface area contributed by atoms with E-state index in [9.17, 15) is 14.7 Å². The molecule has 2 atom stereocenters. The highest BCUT2D eigenvalue weighted by atomic mass is 16.5. The van der Waals surface area contributed by atoms with E-state index in [4.69, 9.17) is 4.74 Å². The summed E-state index contributed by atoms with van der Waals surface area (Å²) in [7, 11) is 1.52. The minimum Gasteiger partial charge on any atom is -0.481 e. The third kappa shape index (κ3) is 2.99. The Labute approximate surface area is 123 Å². The van der Waals surface area contributed by atoms with Crippen molar-refractivity contribution in [3.8, 4) is 5.88 Å². The monoisotopic (exact) mass is 292 g/mol. The van der Waals surface area contributed by atoms with Crippen molar-refractivity contribution >= 4 is 11.9 Å². The van der Waals surface area contributed by atoms with Crippen molar-refractivity contribution < 1.29 is 19.4 Å². The first-order valence-electron chi connectivity index (χ1n) is 6.99. The summed E-state index contributed by atoms with van der Waals surface area (Å²) in [5, 5.41) is 9.47. The number of carboxylic acids is 1. The maximum absolute atomic E-state index is 12.2. The summed E-state index contributed by atoms with van der Waals surface area (Å²) >= 11 is 0. The topological polar surface area (TPSA) is 79.7 Å². The molecule has 0 spiro atoms. The number of hydrogen-bond acceptors (Lipinski definition) is 4. The molecule has 1 aromatic rings. The molecule has 6 heteroatoms. The first kappa shape index (κ1) is 15.3. The number of amides is 1. The fraction of sp³-hybridized carbons (Fsp3) is 0.533. The van der Waals surface area contributed by atoms with Gasteiger partial charge in [0.05, 0.1) is 19.1 Å². The molecule has 114 valence electrons. The van der Waals surface area contributed by atoms with Crippen molar-refractivity contribution in [2.75, 3.05) is 7.11 Å². The summed E-state index contributed by atoms with van der Waals surface area (Å²) < 4.78 is 5.02. The number of carboxylic acid groups (broad SMARTS) is 1. The lowest BCUT2D eigenvalue weighted by atomic mass is 9.84. The van der Waals surface area contributed by atoms with Crippen LogP contribution in [0, 0.1) is 5.92 Å². The van der Waals surface area contributed by atoms with E-state index in [1.54, 1.807) is 23.2 Å². The summed E-state index contributed by atoms with van der Waals surface area (Å²) in [6, 6.07) is 2.92. The second-order valence-electron chi connectivity index (χ2n) is 5.46. The number of likely N-dealkylation sites (tertiary alicyclic amines) is 1. The number of aromatic nitrogens is 1. The Hall–Kier alpha value is -2.11. The van der Waals surface area contributed by atoms with Crippen molar-refractivity contribution in [1.82, 2.24) is 9.88 Å². The van der Waals surface area contributed by atoms with Crippen LogP contribution in [0.25, 0.3) is 0 Å². The van der Waals surface area contributed by atoms with Crippen molar-refractivity contribution in [3.05, 3.63) is 23.9 Å². The highest BCUT2D eigenvalue weighted by Crippen LogP contribution is 2.38. The molecule has 1 aromatic heterocycles. The predicted octanol–water partition coefficient (Wildman–Crippen LogP) is 1.86. The Balaban J connectivity index is 2.43. The molecule has 21 heavy (non-hydrogen) atoms. The maximum Gasteiger partial charge on any atom is 0.308 e. The molecule has 1 N–H and O–H groups in total. The van der Waals surface area contributed by atoms with Gasteiger partial charge in [0.1, 0.15) is 0 Å². The Morgan fingerprint density at radius 1 is 1.48 bits per heavy atom. The number of pyridine rings is 1. The van der Waals surface area contributed by atoms with E-state index in [2.05, 4.69) is 4.98 Å². The van der Waals surface area contributed by atoms with Crippen LogP contribution in [0.15, 0.2) is 18.3 Å². The summed E-state index contributed by atoms with van der Waals surface area (Å²) in [6.07, 6.45) is 2.22. The average molecular weight is 292 g/mol. The van der Waals surface area contributed by atoms with Crippen LogP contribution in [0.4, 0.5) is 0 Å². The molecule has 2 unspecified atom stereocenters. The standard InChI is InChI=1S/C15H20N2O4/c1-9(2)17-13(18)7-5-11(15(19)20)14(17)10-4-6-12(21-3)16-8-10/h4,6,8-9,11,14H,5,7H2,1-3H3,(H,19,20). The molecule has 1 fully saturated rings. The van der Waals surface area contributed by atoms with Gasteiger partial charge in [0.2, 0.25) is 11.8 Å². The number of aliphatic carboxylic acids is 1. The first-order valence-corrected chi connectivity index (χ1v) is 6.99. The van der Waals surface area contributed by atoms with Gasteiger partial charge in [-0.25, -0.2) is 4.98 Å². The van der Waals surface area contributed by atoms with Crippen LogP contribution in [0.5, 0.6) is 5.88 Å². The quantitative estimate of drug-likeness (QED) is 0.916. The summed E-state index contributed by atoms with van der Waals surface area (Å²) in [5.41, 5.74) is 0.727. The number of methoxy groups -OCH3 is 1. The van der Waals surface area contributed by atoms with Crippen LogP contribution < -0.4 is 4.74 Å². The minimum absolute atomic E-state index is 0.0108. The van der Waals surface area contributed by atoms with Gasteiger partial charge in [-0.1, -0.05) is 6.07 Å². The third-order valence-electron chi connectivity index (χ3n) is 3.82. The molecule has 1 aliphatic heterocycles. The van der Waals surface area contributed by atoms with Crippen LogP contribution in [0.2, 0.25) is 0 Å². The smallest absolute Gasteiger partial charge is 0.308 e. The van der Waals surface area contributed by atoms with Gasteiger partial charge in [0.25, 0.3) is 0 Å². The molecule has 0 bridgehead atoms.